The van der Waals surface area contributed by atoms with Gasteiger partial charge in [0, 0.05) is 5.56 Å². The first-order valence-electron chi connectivity index (χ1n) is 6.11. The maximum absolute atomic E-state index is 11.2. The van der Waals surface area contributed by atoms with Gasteiger partial charge in [-0.05, 0) is 34.4 Å². The highest BCUT2D eigenvalue weighted by Gasteiger charge is 2.08. The van der Waals surface area contributed by atoms with Gasteiger partial charge in [0.25, 0.3) is 5.91 Å². The Kier molecular flexibility index (Phi) is 3.71. The minimum atomic E-state index is -0.541. The lowest BCUT2D eigenvalue weighted by molar-refractivity contribution is 0.0706. The number of carbonyl (C=O) groups excluding carboxylic acids is 1. The van der Waals surface area contributed by atoms with Crippen LogP contribution in [0.15, 0.2) is 41.8 Å². The van der Waals surface area contributed by atoms with Gasteiger partial charge in [-0.1, -0.05) is 18.2 Å². The molecule has 0 aliphatic rings. The monoisotopic (exact) mass is 301 g/mol. The summed E-state index contributed by atoms with van der Waals surface area (Å²) in [6.45, 7) is 0.458. The summed E-state index contributed by atoms with van der Waals surface area (Å²) in [5, 5.41) is 22.8. The van der Waals surface area contributed by atoms with Crippen LogP contribution in [0.4, 0.5) is 0 Å². The number of carbonyl (C=O) groups is 1. The van der Waals surface area contributed by atoms with E-state index in [4.69, 9.17) is 5.21 Å². The first-order valence-corrected chi connectivity index (χ1v) is 6.99. The molecule has 2 heterocycles. The van der Waals surface area contributed by atoms with E-state index in [9.17, 15) is 4.79 Å². The van der Waals surface area contributed by atoms with Crippen molar-refractivity contribution in [3.63, 3.8) is 0 Å². The lowest BCUT2D eigenvalue weighted by Crippen LogP contribution is -2.18. The summed E-state index contributed by atoms with van der Waals surface area (Å²) in [5.74, 6) is 0.0571. The van der Waals surface area contributed by atoms with Gasteiger partial charge in [-0.2, -0.15) is 4.80 Å². The Morgan fingerprint density at radius 2 is 2.10 bits per heavy atom. The Morgan fingerprint density at radius 1 is 1.29 bits per heavy atom. The first kappa shape index (κ1) is 13.4. The maximum Gasteiger partial charge on any atom is 0.274 e. The average molecular weight is 301 g/mol. The van der Waals surface area contributed by atoms with Crippen molar-refractivity contribution in [3.8, 4) is 10.7 Å². The summed E-state index contributed by atoms with van der Waals surface area (Å²) in [6, 6.07) is 10.7. The maximum atomic E-state index is 11.2. The highest BCUT2D eigenvalue weighted by atomic mass is 32.1. The minimum Gasteiger partial charge on any atom is -0.288 e. The zero-order valence-corrected chi connectivity index (χ0v) is 11.6. The van der Waals surface area contributed by atoms with Crippen LogP contribution in [0.5, 0.6) is 0 Å². The van der Waals surface area contributed by atoms with Gasteiger partial charge >= 0.3 is 0 Å². The summed E-state index contributed by atoms with van der Waals surface area (Å²) in [5.41, 5.74) is 2.90. The summed E-state index contributed by atoms with van der Waals surface area (Å²) < 4.78 is 0. The topological polar surface area (TPSA) is 92.9 Å². The number of nitrogens with one attached hydrogen (secondary N) is 1. The van der Waals surface area contributed by atoms with Crippen molar-refractivity contribution in [1.29, 1.82) is 0 Å². The molecular formula is C13H11N5O2S. The van der Waals surface area contributed by atoms with Crippen LogP contribution < -0.4 is 5.48 Å². The third kappa shape index (κ3) is 2.96. The zero-order valence-electron chi connectivity index (χ0n) is 10.8. The number of hydroxylamine groups is 1. The molecule has 0 atom stereocenters. The number of amides is 1. The second kappa shape index (κ2) is 5.81. The van der Waals surface area contributed by atoms with Crippen LogP contribution >= 0.6 is 11.3 Å². The Morgan fingerprint density at radius 3 is 2.76 bits per heavy atom. The van der Waals surface area contributed by atoms with E-state index >= 15 is 0 Å². The highest BCUT2D eigenvalue weighted by molar-refractivity contribution is 7.13. The molecule has 3 aromatic rings. The molecule has 2 aromatic heterocycles. The van der Waals surface area contributed by atoms with Gasteiger partial charge < -0.3 is 0 Å². The first-order chi connectivity index (χ1) is 10.3. The second-order valence-corrected chi connectivity index (χ2v) is 5.21. The van der Waals surface area contributed by atoms with Crippen LogP contribution in [-0.2, 0) is 6.54 Å². The fraction of sp³-hybridized carbons (Fsp3) is 0.0769. The second-order valence-electron chi connectivity index (χ2n) is 4.26. The van der Waals surface area contributed by atoms with Crippen LogP contribution in [0.1, 0.15) is 15.9 Å². The van der Waals surface area contributed by atoms with Crippen molar-refractivity contribution in [3.05, 3.63) is 52.9 Å². The molecule has 0 saturated carbocycles. The van der Waals surface area contributed by atoms with Crippen molar-refractivity contribution in [1.82, 2.24) is 25.7 Å². The molecule has 0 unspecified atom stereocenters. The average Bonchev–Trinajstić information content (AvgIpc) is 3.18. The van der Waals surface area contributed by atoms with Gasteiger partial charge in [0.15, 0.2) is 0 Å². The van der Waals surface area contributed by atoms with Crippen molar-refractivity contribution >= 4 is 17.2 Å². The standard InChI is InChI=1S/C13H11N5O2S/c19-13(16-20)10-5-3-9(4-6-10)8-18-15-12(14-17-18)11-2-1-7-21-11/h1-7,20H,8H2,(H,16,19). The molecule has 1 amide bonds. The number of rotatable bonds is 4. The van der Waals surface area contributed by atoms with E-state index in [0.29, 0.717) is 17.9 Å². The number of nitrogens with zero attached hydrogens (tertiary/aromatic N) is 4. The molecule has 3 rings (SSSR count). The molecular weight excluding hydrogens is 290 g/mol. The van der Waals surface area contributed by atoms with E-state index < -0.39 is 5.91 Å². The third-order valence-corrected chi connectivity index (χ3v) is 3.70. The number of tetrazole rings is 1. The van der Waals surface area contributed by atoms with E-state index in [0.717, 1.165) is 10.4 Å². The van der Waals surface area contributed by atoms with Crippen LogP contribution in [0.3, 0.4) is 0 Å². The van der Waals surface area contributed by atoms with Gasteiger partial charge in [0.2, 0.25) is 5.82 Å². The fourth-order valence-electron chi connectivity index (χ4n) is 1.80. The normalized spacial score (nSPS) is 10.5. The third-order valence-electron chi connectivity index (χ3n) is 2.84. The predicted octanol–water partition coefficient (Wildman–Crippen LogP) is 1.57. The molecule has 0 aliphatic carbocycles. The largest absolute Gasteiger partial charge is 0.288 e. The van der Waals surface area contributed by atoms with Gasteiger partial charge in [0.05, 0.1) is 11.4 Å². The van der Waals surface area contributed by atoms with E-state index in [1.807, 2.05) is 17.5 Å². The molecule has 21 heavy (non-hydrogen) atoms. The minimum absolute atomic E-state index is 0.382. The number of thiophene rings is 1. The Hall–Kier alpha value is -2.58. The highest BCUT2D eigenvalue weighted by Crippen LogP contribution is 2.19. The molecule has 8 heteroatoms. The van der Waals surface area contributed by atoms with Crippen LogP contribution in [0.25, 0.3) is 10.7 Å². The zero-order chi connectivity index (χ0) is 14.7. The Labute approximate surface area is 123 Å². The summed E-state index contributed by atoms with van der Waals surface area (Å²) in [4.78, 5) is 13.7. The van der Waals surface area contributed by atoms with E-state index in [2.05, 4.69) is 15.4 Å². The van der Waals surface area contributed by atoms with Crippen molar-refractivity contribution < 1.29 is 10.0 Å². The van der Waals surface area contributed by atoms with Gasteiger partial charge in [-0.15, -0.1) is 21.5 Å². The molecule has 0 saturated heterocycles. The Bertz CT molecular complexity index is 736. The molecule has 0 fully saturated rings. The SMILES string of the molecule is O=C(NO)c1ccc(Cn2nnc(-c3cccs3)n2)cc1. The number of hydrogen-bond donors (Lipinski definition) is 2. The van der Waals surface area contributed by atoms with Crippen LogP contribution in [0.2, 0.25) is 0 Å². The molecule has 0 aliphatic heterocycles. The van der Waals surface area contributed by atoms with E-state index in [1.165, 1.54) is 4.80 Å². The number of hydrogen-bond acceptors (Lipinski definition) is 6. The lowest BCUT2D eigenvalue weighted by Gasteiger charge is -2.02. The smallest absolute Gasteiger partial charge is 0.274 e. The summed E-state index contributed by atoms with van der Waals surface area (Å²) in [6.07, 6.45) is 0. The molecule has 0 spiro atoms. The van der Waals surface area contributed by atoms with Crippen molar-refractivity contribution in [2.45, 2.75) is 6.54 Å². The predicted molar refractivity (Wildman–Crippen MR) is 75.9 cm³/mol. The van der Waals surface area contributed by atoms with Crippen molar-refractivity contribution in [2.24, 2.45) is 0 Å². The molecule has 0 bridgehead atoms. The quantitative estimate of drug-likeness (QED) is 0.563. The summed E-state index contributed by atoms with van der Waals surface area (Å²) in [7, 11) is 0. The van der Waals surface area contributed by atoms with Crippen LogP contribution in [-0.4, -0.2) is 31.3 Å². The molecule has 2 N–H and O–H groups in total. The van der Waals surface area contributed by atoms with Crippen LogP contribution in [0, 0.1) is 0 Å². The van der Waals surface area contributed by atoms with E-state index in [-0.39, 0.29) is 0 Å². The Balaban J connectivity index is 1.73. The van der Waals surface area contributed by atoms with E-state index in [1.54, 1.807) is 41.1 Å². The van der Waals surface area contributed by atoms with Gasteiger partial charge in [-0.25, -0.2) is 5.48 Å². The molecule has 106 valence electrons. The van der Waals surface area contributed by atoms with Gasteiger partial charge in [0.1, 0.15) is 0 Å². The summed E-state index contributed by atoms with van der Waals surface area (Å²) >= 11 is 1.56. The van der Waals surface area contributed by atoms with Crippen molar-refractivity contribution in [2.75, 3.05) is 0 Å². The lowest BCUT2D eigenvalue weighted by atomic mass is 10.1. The van der Waals surface area contributed by atoms with Gasteiger partial charge in [-0.3, -0.25) is 10.0 Å². The molecule has 7 nitrogen and oxygen atoms in total. The number of aromatic nitrogens is 4. The fourth-order valence-corrected chi connectivity index (χ4v) is 2.45. The molecule has 0 radical (unpaired) electrons. The molecule has 1 aromatic carbocycles. The number of benzene rings is 1.